The molecule has 0 bridgehead atoms. The molecule has 2 aromatic rings. The SMILES string of the molecule is Cc1cc(Cl)nc(NS(=O)(=O)c2cc(N)c(Br)cc2C)n1. The van der Waals surface area contributed by atoms with Crippen LogP contribution in [0.15, 0.2) is 27.6 Å². The van der Waals surface area contributed by atoms with Gasteiger partial charge in [-0.25, -0.2) is 23.1 Å². The van der Waals surface area contributed by atoms with Gasteiger partial charge in [0.2, 0.25) is 5.95 Å². The van der Waals surface area contributed by atoms with Gasteiger partial charge in [-0.05, 0) is 53.5 Å². The fourth-order valence-electron chi connectivity index (χ4n) is 1.71. The van der Waals surface area contributed by atoms with Crippen molar-refractivity contribution in [1.82, 2.24) is 9.97 Å². The first-order chi connectivity index (χ1) is 9.69. The molecule has 3 N–H and O–H groups in total. The van der Waals surface area contributed by atoms with E-state index >= 15 is 0 Å². The summed E-state index contributed by atoms with van der Waals surface area (Å²) in [6.45, 7) is 3.36. The van der Waals surface area contributed by atoms with Crippen molar-refractivity contribution in [3.8, 4) is 0 Å². The topological polar surface area (TPSA) is 98.0 Å². The summed E-state index contributed by atoms with van der Waals surface area (Å²) in [5.74, 6) is -0.0825. The van der Waals surface area contributed by atoms with Crippen LogP contribution in [0.4, 0.5) is 11.6 Å². The minimum Gasteiger partial charge on any atom is -0.398 e. The lowest BCUT2D eigenvalue weighted by Crippen LogP contribution is -2.17. The van der Waals surface area contributed by atoms with Crippen molar-refractivity contribution >= 4 is 49.2 Å². The third-order valence-corrected chi connectivity index (χ3v) is 4.98. The number of hydrogen-bond donors (Lipinski definition) is 2. The Morgan fingerprint density at radius 2 is 1.90 bits per heavy atom. The molecular formula is C12H12BrClN4O2S. The van der Waals surface area contributed by atoms with E-state index in [1.54, 1.807) is 19.9 Å². The molecule has 0 saturated heterocycles. The molecule has 6 nitrogen and oxygen atoms in total. The van der Waals surface area contributed by atoms with Crippen LogP contribution in [-0.4, -0.2) is 18.4 Å². The molecule has 2 rings (SSSR count). The Hall–Kier alpha value is -1.38. The van der Waals surface area contributed by atoms with Gasteiger partial charge < -0.3 is 5.73 Å². The zero-order chi connectivity index (χ0) is 15.8. The van der Waals surface area contributed by atoms with Crippen molar-refractivity contribution in [3.63, 3.8) is 0 Å². The third-order valence-electron chi connectivity index (χ3n) is 2.63. The first-order valence-electron chi connectivity index (χ1n) is 5.78. The number of benzene rings is 1. The van der Waals surface area contributed by atoms with Crippen LogP contribution in [0.2, 0.25) is 5.15 Å². The van der Waals surface area contributed by atoms with E-state index in [1.807, 2.05) is 0 Å². The van der Waals surface area contributed by atoms with E-state index < -0.39 is 10.0 Å². The lowest BCUT2D eigenvalue weighted by atomic mass is 10.2. The van der Waals surface area contributed by atoms with Crippen molar-refractivity contribution in [1.29, 1.82) is 0 Å². The zero-order valence-corrected chi connectivity index (χ0v) is 14.3. The largest absolute Gasteiger partial charge is 0.398 e. The van der Waals surface area contributed by atoms with E-state index in [-0.39, 0.29) is 16.0 Å². The van der Waals surface area contributed by atoms with Gasteiger partial charge in [0.25, 0.3) is 10.0 Å². The maximum Gasteiger partial charge on any atom is 0.264 e. The molecule has 0 unspecified atom stereocenters. The molecule has 0 radical (unpaired) electrons. The molecule has 0 fully saturated rings. The lowest BCUT2D eigenvalue weighted by molar-refractivity contribution is 0.600. The lowest BCUT2D eigenvalue weighted by Gasteiger charge is -2.11. The van der Waals surface area contributed by atoms with Crippen molar-refractivity contribution < 1.29 is 8.42 Å². The average molecular weight is 392 g/mol. The van der Waals surface area contributed by atoms with Gasteiger partial charge in [0.05, 0.1) is 4.90 Å². The number of aromatic nitrogens is 2. The summed E-state index contributed by atoms with van der Waals surface area (Å²) >= 11 is 9.04. The Kier molecular flexibility index (Phi) is 4.40. The molecule has 0 amide bonds. The van der Waals surface area contributed by atoms with Crippen LogP contribution in [0, 0.1) is 13.8 Å². The number of nitrogen functional groups attached to an aromatic ring is 1. The molecule has 112 valence electrons. The normalized spacial score (nSPS) is 11.4. The standard InChI is InChI=1S/C12H12BrClN4O2S/c1-6-3-8(13)9(15)5-10(6)21(19,20)18-12-16-7(2)4-11(14)17-12/h3-5H,15H2,1-2H3,(H,16,17,18). The quantitative estimate of drug-likeness (QED) is 0.619. The van der Waals surface area contributed by atoms with Gasteiger partial charge in [-0.15, -0.1) is 0 Å². The molecule has 0 spiro atoms. The number of nitrogens with one attached hydrogen (secondary N) is 1. The summed E-state index contributed by atoms with van der Waals surface area (Å²) in [7, 11) is -3.85. The van der Waals surface area contributed by atoms with Crippen LogP contribution in [0.25, 0.3) is 0 Å². The minimum atomic E-state index is -3.85. The first-order valence-corrected chi connectivity index (χ1v) is 8.44. The fourth-order valence-corrected chi connectivity index (χ4v) is 3.61. The molecule has 1 aromatic heterocycles. The summed E-state index contributed by atoms with van der Waals surface area (Å²) in [6, 6.07) is 4.54. The van der Waals surface area contributed by atoms with E-state index in [0.29, 0.717) is 21.4 Å². The second-order valence-corrected chi connectivity index (χ2v) is 7.29. The van der Waals surface area contributed by atoms with E-state index in [9.17, 15) is 8.42 Å². The molecule has 0 aliphatic heterocycles. The number of hydrogen-bond acceptors (Lipinski definition) is 5. The zero-order valence-electron chi connectivity index (χ0n) is 11.2. The highest BCUT2D eigenvalue weighted by Crippen LogP contribution is 2.27. The van der Waals surface area contributed by atoms with E-state index in [0.717, 1.165) is 0 Å². The Balaban J connectivity index is 2.45. The van der Waals surface area contributed by atoms with Crippen LogP contribution < -0.4 is 10.5 Å². The van der Waals surface area contributed by atoms with Crippen LogP contribution in [0.3, 0.4) is 0 Å². The molecule has 9 heteroatoms. The van der Waals surface area contributed by atoms with Gasteiger partial charge >= 0.3 is 0 Å². The monoisotopic (exact) mass is 390 g/mol. The van der Waals surface area contributed by atoms with Gasteiger partial charge in [-0.3, -0.25) is 0 Å². The number of rotatable bonds is 3. The molecule has 1 aromatic carbocycles. The summed E-state index contributed by atoms with van der Waals surface area (Å²) in [5, 5.41) is 0.159. The van der Waals surface area contributed by atoms with Crippen LogP contribution >= 0.6 is 27.5 Å². The van der Waals surface area contributed by atoms with Crippen LogP contribution in [-0.2, 0) is 10.0 Å². The van der Waals surface area contributed by atoms with Crippen molar-refractivity contribution in [2.45, 2.75) is 18.7 Å². The Labute approximate surface area is 135 Å². The smallest absolute Gasteiger partial charge is 0.264 e. The molecule has 0 atom stereocenters. The number of nitrogens with two attached hydrogens (primary N) is 1. The Morgan fingerprint density at radius 1 is 1.24 bits per heavy atom. The van der Waals surface area contributed by atoms with Gasteiger partial charge in [0.15, 0.2) is 0 Å². The molecule has 0 aliphatic rings. The van der Waals surface area contributed by atoms with Gasteiger partial charge in [-0.2, -0.15) is 0 Å². The molecular weight excluding hydrogens is 380 g/mol. The maximum absolute atomic E-state index is 12.4. The number of sulfonamides is 1. The van der Waals surface area contributed by atoms with E-state index in [4.69, 9.17) is 17.3 Å². The van der Waals surface area contributed by atoms with Crippen molar-refractivity contribution in [2.24, 2.45) is 0 Å². The number of halogens is 2. The Morgan fingerprint density at radius 3 is 2.52 bits per heavy atom. The van der Waals surface area contributed by atoms with Crippen LogP contribution in [0.5, 0.6) is 0 Å². The minimum absolute atomic E-state index is 0.0597. The fraction of sp³-hybridized carbons (Fsp3) is 0.167. The molecule has 0 saturated carbocycles. The summed E-state index contributed by atoms with van der Waals surface area (Å²) in [5.41, 5.74) is 7.16. The first kappa shape index (κ1) is 16.0. The predicted octanol–water partition coefficient (Wildman–Crippen LogP) is 2.89. The molecule has 21 heavy (non-hydrogen) atoms. The highest BCUT2D eigenvalue weighted by Gasteiger charge is 2.20. The van der Waals surface area contributed by atoms with Crippen molar-refractivity contribution in [2.75, 3.05) is 10.5 Å². The highest BCUT2D eigenvalue weighted by molar-refractivity contribution is 9.10. The molecule has 1 heterocycles. The maximum atomic E-state index is 12.4. The highest BCUT2D eigenvalue weighted by atomic mass is 79.9. The van der Waals surface area contributed by atoms with E-state index in [1.165, 1.54) is 12.1 Å². The number of nitrogens with zero attached hydrogens (tertiary/aromatic N) is 2. The third kappa shape index (κ3) is 3.63. The predicted molar refractivity (Wildman–Crippen MR) is 85.9 cm³/mol. The van der Waals surface area contributed by atoms with Gasteiger partial charge in [0.1, 0.15) is 5.15 Å². The second kappa shape index (κ2) is 5.78. The average Bonchev–Trinajstić information content (AvgIpc) is 2.31. The van der Waals surface area contributed by atoms with Crippen molar-refractivity contribution in [3.05, 3.63) is 39.1 Å². The van der Waals surface area contributed by atoms with Crippen LogP contribution in [0.1, 0.15) is 11.3 Å². The Bertz CT molecular complexity index is 791. The van der Waals surface area contributed by atoms with Gasteiger partial charge in [-0.1, -0.05) is 11.6 Å². The second-order valence-electron chi connectivity index (χ2n) is 4.40. The summed E-state index contributed by atoms with van der Waals surface area (Å²) in [6.07, 6.45) is 0. The number of anilines is 2. The van der Waals surface area contributed by atoms with E-state index in [2.05, 4.69) is 30.6 Å². The summed E-state index contributed by atoms with van der Waals surface area (Å²) in [4.78, 5) is 7.89. The summed E-state index contributed by atoms with van der Waals surface area (Å²) < 4.78 is 27.7. The number of aryl methyl sites for hydroxylation is 2. The van der Waals surface area contributed by atoms with Gasteiger partial charge in [0, 0.05) is 15.9 Å². The molecule has 0 aliphatic carbocycles.